The fourth-order valence-electron chi connectivity index (χ4n) is 2.00. The lowest BCUT2D eigenvalue weighted by atomic mass is 10.0. The highest BCUT2D eigenvalue weighted by Crippen LogP contribution is 2.04. The van der Waals surface area contributed by atoms with Crippen LogP contribution in [0.4, 0.5) is 4.79 Å². The molecule has 0 bridgehead atoms. The van der Waals surface area contributed by atoms with Gasteiger partial charge in [-0.1, -0.05) is 50.3 Å². The maximum absolute atomic E-state index is 12.2. The number of carbonyl (C=O) groups is 3. The number of rotatable bonds is 10. The number of carbonyl (C=O) groups excluding carboxylic acids is 3. The molecule has 0 radical (unpaired) electrons. The van der Waals surface area contributed by atoms with Crippen molar-refractivity contribution in [2.75, 3.05) is 13.2 Å². The summed E-state index contributed by atoms with van der Waals surface area (Å²) in [7, 11) is 0. The molecule has 0 aromatic heterocycles. The number of amides is 2. The van der Waals surface area contributed by atoms with Gasteiger partial charge in [-0.3, -0.25) is 9.59 Å². The maximum Gasteiger partial charge on any atom is 0.408 e. The quantitative estimate of drug-likeness (QED) is 0.378. The van der Waals surface area contributed by atoms with E-state index in [1.807, 2.05) is 30.3 Å². The molecule has 0 saturated carbocycles. The summed E-state index contributed by atoms with van der Waals surface area (Å²) < 4.78 is 10.0. The predicted molar refractivity (Wildman–Crippen MR) is 97.2 cm³/mol. The fourth-order valence-corrected chi connectivity index (χ4v) is 2.00. The van der Waals surface area contributed by atoms with E-state index >= 15 is 0 Å². The molecule has 1 aromatic carbocycles. The highest BCUT2D eigenvalue weighted by Gasteiger charge is 2.25. The van der Waals surface area contributed by atoms with Gasteiger partial charge in [0.1, 0.15) is 19.2 Å². The van der Waals surface area contributed by atoms with E-state index in [9.17, 15) is 14.4 Å². The average molecular weight is 362 g/mol. The minimum absolute atomic E-state index is 0.106. The van der Waals surface area contributed by atoms with Crippen molar-refractivity contribution in [1.29, 1.82) is 0 Å². The van der Waals surface area contributed by atoms with Crippen LogP contribution in [0, 0.1) is 5.92 Å². The van der Waals surface area contributed by atoms with Gasteiger partial charge < -0.3 is 20.1 Å². The number of ether oxygens (including phenoxy) is 2. The minimum Gasteiger partial charge on any atom is -0.464 e. The number of esters is 1. The monoisotopic (exact) mass is 362 g/mol. The zero-order valence-corrected chi connectivity index (χ0v) is 15.2. The van der Waals surface area contributed by atoms with Gasteiger partial charge in [-0.05, 0) is 17.9 Å². The average Bonchev–Trinajstić information content (AvgIpc) is 2.63. The van der Waals surface area contributed by atoms with Crippen LogP contribution in [-0.4, -0.2) is 37.2 Å². The third-order valence-electron chi connectivity index (χ3n) is 3.43. The Morgan fingerprint density at radius 1 is 1.15 bits per heavy atom. The fraction of sp³-hybridized carbons (Fsp3) is 0.421. The topological polar surface area (TPSA) is 93.7 Å². The molecule has 0 fully saturated rings. The lowest BCUT2D eigenvalue weighted by Gasteiger charge is -2.21. The molecule has 0 heterocycles. The summed E-state index contributed by atoms with van der Waals surface area (Å²) in [6, 6.07) is 8.39. The third-order valence-corrected chi connectivity index (χ3v) is 3.43. The van der Waals surface area contributed by atoms with Crippen LogP contribution < -0.4 is 10.6 Å². The van der Waals surface area contributed by atoms with E-state index in [1.54, 1.807) is 19.9 Å². The molecular weight excluding hydrogens is 336 g/mol. The SMILES string of the molecule is C=CCCOC(=O)CNC(=O)[C@@H](NC(=O)OCc1ccccc1)C(C)C. The van der Waals surface area contributed by atoms with Gasteiger partial charge in [0.15, 0.2) is 0 Å². The van der Waals surface area contributed by atoms with Crippen LogP contribution in [-0.2, 0) is 25.7 Å². The molecule has 0 aliphatic heterocycles. The Morgan fingerprint density at radius 2 is 1.85 bits per heavy atom. The Bertz CT molecular complexity index is 601. The van der Waals surface area contributed by atoms with E-state index in [-0.39, 0.29) is 25.7 Å². The van der Waals surface area contributed by atoms with Gasteiger partial charge in [-0.25, -0.2) is 4.79 Å². The first-order valence-corrected chi connectivity index (χ1v) is 8.45. The van der Waals surface area contributed by atoms with Gasteiger partial charge in [0.2, 0.25) is 5.91 Å². The van der Waals surface area contributed by atoms with Crippen LogP contribution in [0.1, 0.15) is 25.8 Å². The zero-order valence-electron chi connectivity index (χ0n) is 15.2. The third kappa shape index (κ3) is 8.32. The second kappa shape index (κ2) is 11.7. The Morgan fingerprint density at radius 3 is 2.46 bits per heavy atom. The lowest BCUT2D eigenvalue weighted by molar-refractivity contribution is -0.144. The first-order valence-electron chi connectivity index (χ1n) is 8.45. The first kappa shape index (κ1) is 21.2. The van der Waals surface area contributed by atoms with Crippen molar-refractivity contribution in [1.82, 2.24) is 10.6 Å². The van der Waals surface area contributed by atoms with Crippen molar-refractivity contribution < 1.29 is 23.9 Å². The van der Waals surface area contributed by atoms with Gasteiger partial charge in [0, 0.05) is 0 Å². The second-order valence-electron chi connectivity index (χ2n) is 5.94. The van der Waals surface area contributed by atoms with Gasteiger partial charge in [0.05, 0.1) is 6.61 Å². The highest BCUT2D eigenvalue weighted by molar-refractivity contribution is 5.88. The number of alkyl carbamates (subject to hydrolysis) is 1. The molecule has 1 aromatic rings. The largest absolute Gasteiger partial charge is 0.464 e. The van der Waals surface area contributed by atoms with Crippen LogP contribution in [0.25, 0.3) is 0 Å². The van der Waals surface area contributed by atoms with E-state index < -0.39 is 24.0 Å². The van der Waals surface area contributed by atoms with Crippen LogP contribution in [0.2, 0.25) is 0 Å². The summed E-state index contributed by atoms with van der Waals surface area (Å²) in [5, 5.41) is 4.98. The Balaban J connectivity index is 2.43. The molecule has 0 aliphatic rings. The Kier molecular flexibility index (Phi) is 9.53. The molecule has 2 amide bonds. The maximum atomic E-state index is 12.2. The summed E-state index contributed by atoms with van der Waals surface area (Å²) >= 11 is 0. The summed E-state index contributed by atoms with van der Waals surface area (Å²) in [6.07, 6.45) is 1.48. The molecule has 1 rings (SSSR count). The van der Waals surface area contributed by atoms with Crippen molar-refractivity contribution >= 4 is 18.0 Å². The minimum atomic E-state index is -0.820. The molecule has 0 aliphatic carbocycles. The molecule has 0 spiro atoms. The summed E-state index contributed by atoms with van der Waals surface area (Å²) in [6.45, 7) is 7.15. The molecule has 7 nitrogen and oxygen atoms in total. The second-order valence-corrected chi connectivity index (χ2v) is 5.94. The normalized spacial score (nSPS) is 11.3. The molecule has 142 valence electrons. The molecular formula is C19H26N2O5. The number of hydrogen-bond acceptors (Lipinski definition) is 5. The molecule has 0 unspecified atom stereocenters. The van der Waals surface area contributed by atoms with Gasteiger partial charge in [0.25, 0.3) is 0 Å². The number of benzene rings is 1. The lowest BCUT2D eigenvalue weighted by Crippen LogP contribution is -2.50. The molecule has 26 heavy (non-hydrogen) atoms. The van der Waals surface area contributed by atoms with Crippen molar-refractivity contribution in [3.05, 3.63) is 48.6 Å². The van der Waals surface area contributed by atoms with E-state index in [2.05, 4.69) is 17.2 Å². The van der Waals surface area contributed by atoms with E-state index in [0.29, 0.717) is 6.42 Å². The number of nitrogens with one attached hydrogen (secondary N) is 2. The van der Waals surface area contributed by atoms with Gasteiger partial charge >= 0.3 is 12.1 Å². The molecule has 0 saturated heterocycles. The van der Waals surface area contributed by atoms with Crippen LogP contribution in [0.15, 0.2) is 43.0 Å². The summed E-state index contributed by atoms with van der Waals surface area (Å²) in [4.78, 5) is 35.7. The van der Waals surface area contributed by atoms with Crippen LogP contribution in [0.3, 0.4) is 0 Å². The van der Waals surface area contributed by atoms with E-state index in [4.69, 9.17) is 9.47 Å². The van der Waals surface area contributed by atoms with E-state index in [1.165, 1.54) is 0 Å². The van der Waals surface area contributed by atoms with Crippen LogP contribution in [0.5, 0.6) is 0 Å². The van der Waals surface area contributed by atoms with Crippen molar-refractivity contribution in [3.63, 3.8) is 0 Å². The molecule has 2 N–H and O–H groups in total. The van der Waals surface area contributed by atoms with E-state index in [0.717, 1.165) is 5.56 Å². The first-order chi connectivity index (χ1) is 12.4. The standard InChI is InChI=1S/C19H26N2O5/c1-4-5-11-25-16(22)12-20-18(23)17(14(2)3)21-19(24)26-13-15-9-7-6-8-10-15/h4,6-10,14,17H,1,5,11-13H2,2-3H3,(H,20,23)(H,21,24)/t17-/m0/s1. The van der Waals surface area contributed by atoms with Crippen molar-refractivity contribution in [2.45, 2.75) is 32.9 Å². The number of hydrogen-bond donors (Lipinski definition) is 2. The Labute approximate surface area is 153 Å². The van der Waals surface area contributed by atoms with Gasteiger partial charge in [-0.2, -0.15) is 0 Å². The molecule has 7 heteroatoms. The zero-order chi connectivity index (χ0) is 19.4. The molecule has 1 atom stereocenters. The van der Waals surface area contributed by atoms with Crippen molar-refractivity contribution in [2.24, 2.45) is 5.92 Å². The summed E-state index contributed by atoms with van der Waals surface area (Å²) in [5.41, 5.74) is 0.843. The van der Waals surface area contributed by atoms with Gasteiger partial charge in [-0.15, -0.1) is 6.58 Å². The van der Waals surface area contributed by atoms with Crippen LogP contribution >= 0.6 is 0 Å². The Hall–Kier alpha value is -2.83. The predicted octanol–water partition coefficient (Wildman–Crippen LogP) is 2.17. The smallest absolute Gasteiger partial charge is 0.408 e. The highest BCUT2D eigenvalue weighted by atomic mass is 16.5. The summed E-state index contributed by atoms with van der Waals surface area (Å²) in [5.74, 6) is -1.21. The van der Waals surface area contributed by atoms with Crippen molar-refractivity contribution in [3.8, 4) is 0 Å².